The minimum absolute atomic E-state index is 0.290. The molecule has 4 nitrogen and oxygen atoms in total. The highest BCUT2D eigenvalue weighted by Crippen LogP contribution is 2.23. The van der Waals surface area contributed by atoms with Gasteiger partial charge < -0.3 is 0 Å². The van der Waals surface area contributed by atoms with Gasteiger partial charge in [-0.3, -0.25) is 4.79 Å². The Labute approximate surface area is 182 Å². The van der Waals surface area contributed by atoms with E-state index in [-0.39, 0.29) is 5.91 Å². The Morgan fingerprint density at radius 1 is 0.931 bits per heavy atom. The minimum Gasteiger partial charge on any atom is -0.265 e. The number of rotatable bonds is 4. The summed E-state index contributed by atoms with van der Waals surface area (Å²) in [6, 6.07) is 24.4. The molecule has 4 rings (SSSR count). The Morgan fingerprint density at radius 2 is 1.62 bits per heavy atom. The van der Waals surface area contributed by atoms with Crippen LogP contribution in [0.4, 0.5) is 0 Å². The molecule has 0 saturated heterocycles. The van der Waals surface area contributed by atoms with Crippen LogP contribution < -0.4 is 0 Å². The summed E-state index contributed by atoms with van der Waals surface area (Å²) in [5, 5.41) is 6.40. The summed E-state index contributed by atoms with van der Waals surface area (Å²) in [6.45, 7) is 0. The second kappa shape index (κ2) is 8.55. The number of hydrogen-bond donors (Lipinski definition) is 0. The summed E-state index contributed by atoms with van der Waals surface area (Å²) in [4.78, 5) is 17.6. The lowest BCUT2D eigenvalue weighted by Crippen LogP contribution is -2.27. The third kappa shape index (κ3) is 4.36. The van der Waals surface area contributed by atoms with E-state index in [4.69, 9.17) is 11.6 Å². The van der Waals surface area contributed by atoms with Crippen molar-refractivity contribution in [3.63, 3.8) is 0 Å². The van der Waals surface area contributed by atoms with E-state index >= 15 is 0 Å². The van der Waals surface area contributed by atoms with Gasteiger partial charge in [0.1, 0.15) is 5.70 Å². The van der Waals surface area contributed by atoms with Gasteiger partial charge in [0.05, 0.1) is 6.21 Å². The number of aliphatic imine (C=N–C) groups is 1. The standard InChI is InChI=1S/C23H15BrClN3O/c24-20-9-5-4-8-18(20)15-26-28-22(17-6-2-1-3-7-17)27-21(23(28)29)14-16-10-12-19(25)13-11-16/h1-15H/b21-14+,26-15+. The van der Waals surface area contributed by atoms with Crippen molar-refractivity contribution in [2.75, 3.05) is 0 Å². The minimum atomic E-state index is -0.290. The van der Waals surface area contributed by atoms with E-state index in [1.54, 1.807) is 24.4 Å². The number of amides is 1. The third-order valence-corrected chi connectivity index (χ3v) is 5.24. The molecule has 0 unspecified atom stereocenters. The summed E-state index contributed by atoms with van der Waals surface area (Å²) < 4.78 is 0.894. The van der Waals surface area contributed by atoms with Gasteiger partial charge in [0.25, 0.3) is 5.91 Å². The Hall–Kier alpha value is -3.02. The largest absolute Gasteiger partial charge is 0.298 e. The van der Waals surface area contributed by atoms with E-state index in [0.29, 0.717) is 16.6 Å². The molecule has 0 fully saturated rings. The number of amidine groups is 1. The summed E-state index contributed by atoms with van der Waals surface area (Å²) in [7, 11) is 0. The molecule has 6 heteroatoms. The second-order valence-electron chi connectivity index (χ2n) is 6.27. The number of halogens is 2. The van der Waals surface area contributed by atoms with Crippen molar-refractivity contribution >= 4 is 51.6 Å². The molecule has 3 aromatic rings. The average molecular weight is 465 g/mol. The van der Waals surface area contributed by atoms with Crippen LogP contribution in [0.1, 0.15) is 16.7 Å². The van der Waals surface area contributed by atoms with Crippen molar-refractivity contribution in [2.45, 2.75) is 0 Å². The van der Waals surface area contributed by atoms with Crippen LogP contribution >= 0.6 is 27.5 Å². The van der Waals surface area contributed by atoms with Crippen molar-refractivity contribution in [3.05, 3.63) is 111 Å². The number of nitrogens with zero attached hydrogens (tertiary/aromatic N) is 3. The molecule has 0 aromatic heterocycles. The van der Waals surface area contributed by atoms with E-state index in [1.807, 2.05) is 66.7 Å². The Balaban J connectivity index is 1.73. The normalized spacial score (nSPS) is 15.4. The lowest BCUT2D eigenvalue weighted by atomic mass is 10.2. The summed E-state index contributed by atoms with van der Waals surface area (Å²) >= 11 is 9.45. The van der Waals surface area contributed by atoms with Crippen molar-refractivity contribution in [1.82, 2.24) is 5.01 Å². The first-order valence-electron chi connectivity index (χ1n) is 8.86. The highest BCUT2D eigenvalue weighted by Gasteiger charge is 2.31. The molecular formula is C23H15BrClN3O. The Bertz CT molecular complexity index is 1140. The molecule has 1 amide bonds. The van der Waals surface area contributed by atoms with E-state index in [0.717, 1.165) is 21.2 Å². The first-order valence-corrected chi connectivity index (χ1v) is 10.0. The molecule has 0 atom stereocenters. The molecule has 0 bridgehead atoms. The lowest BCUT2D eigenvalue weighted by Gasteiger charge is -2.12. The van der Waals surface area contributed by atoms with Gasteiger partial charge in [-0.15, -0.1) is 0 Å². The number of benzene rings is 3. The predicted octanol–water partition coefficient (Wildman–Crippen LogP) is 5.77. The molecule has 0 N–H and O–H groups in total. The number of carbonyl (C=O) groups excluding carboxylic acids is 1. The maximum atomic E-state index is 13.1. The van der Waals surface area contributed by atoms with E-state index in [1.165, 1.54) is 5.01 Å². The van der Waals surface area contributed by atoms with Crippen molar-refractivity contribution in [1.29, 1.82) is 0 Å². The maximum Gasteiger partial charge on any atom is 0.298 e. The molecule has 1 heterocycles. The lowest BCUT2D eigenvalue weighted by molar-refractivity contribution is -0.122. The third-order valence-electron chi connectivity index (χ3n) is 4.26. The van der Waals surface area contributed by atoms with E-state index < -0.39 is 0 Å². The summed E-state index contributed by atoms with van der Waals surface area (Å²) in [5.41, 5.74) is 2.83. The van der Waals surface area contributed by atoms with Gasteiger partial charge in [-0.1, -0.05) is 88.2 Å². The first-order chi connectivity index (χ1) is 14.1. The van der Waals surface area contributed by atoms with Gasteiger partial charge in [0.15, 0.2) is 5.84 Å². The second-order valence-corrected chi connectivity index (χ2v) is 7.56. The molecule has 1 aliphatic heterocycles. The van der Waals surface area contributed by atoms with E-state index in [2.05, 4.69) is 26.0 Å². The van der Waals surface area contributed by atoms with Gasteiger partial charge >= 0.3 is 0 Å². The Kier molecular flexibility index (Phi) is 5.69. The fourth-order valence-corrected chi connectivity index (χ4v) is 3.32. The fourth-order valence-electron chi connectivity index (χ4n) is 2.81. The van der Waals surface area contributed by atoms with Crippen LogP contribution in [-0.4, -0.2) is 23.0 Å². The molecule has 142 valence electrons. The molecule has 29 heavy (non-hydrogen) atoms. The van der Waals surface area contributed by atoms with Crippen molar-refractivity contribution < 1.29 is 4.79 Å². The van der Waals surface area contributed by atoms with Gasteiger partial charge in [0.2, 0.25) is 0 Å². The number of hydrogen-bond acceptors (Lipinski definition) is 3. The van der Waals surface area contributed by atoms with Gasteiger partial charge in [-0.05, 0) is 29.8 Å². The molecule has 0 aliphatic carbocycles. The average Bonchev–Trinajstić information content (AvgIpc) is 3.05. The van der Waals surface area contributed by atoms with Crippen molar-refractivity contribution in [3.8, 4) is 0 Å². The molecule has 3 aromatic carbocycles. The van der Waals surface area contributed by atoms with Crippen LogP contribution in [-0.2, 0) is 4.79 Å². The number of hydrazone groups is 1. The van der Waals surface area contributed by atoms with Gasteiger partial charge in [0, 0.05) is 20.6 Å². The summed E-state index contributed by atoms with van der Waals surface area (Å²) in [5.74, 6) is 0.196. The maximum absolute atomic E-state index is 13.1. The van der Waals surface area contributed by atoms with Gasteiger partial charge in [-0.25, -0.2) is 4.99 Å². The van der Waals surface area contributed by atoms with Gasteiger partial charge in [-0.2, -0.15) is 10.1 Å². The van der Waals surface area contributed by atoms with Crippen LogP contribution in [0.3, 0.4) is 0 Å². The predicted molar refractivity (Wildman–Crippen MR) is 121 cm³/mol. The monoisotopic (exact) mass is 463 g/mol. The number of carbonyl (C=O) groups is 1. The molecule has 0 saturated carbocycles. The van der Waals surface area contributed by atoms with Crippen molar-refractivity contribution in [2.24, 2.45) is 10.1 Å². The molecule has 1 aliphatic rings. The zero-order chi connectivity index (χ0) is 20.2. The topological polar surface area (TPSA) is 45.0 Å². The Morgan fingerprint density at radius 3 is 2.34 bits per heavy atom. The summed E-state index contributed by atoms with van der Waals surface area (Å²) in [6.07, 6.45) is 3.38. The molecule has 0 radical (unpaired) electrons. The molecule has 0 spiro atoms. The highest BCUT2D eigenvalue weighted by molar-refractivity contribution is 9.10. The van der Waals surface area contributed by atoms with E-state index in [9.17, 15) is 4.79 Å². The van der Waals surface area contributed by atoms with Crippen LogP contribution in [0.2, 0.25) is 5.02 Å². The first kappa shape index (κ1) is 19.3. The van der Waals surface area contributed by atoms with Crippen LogP contribution in [0, 0.1) is 0 Å². The van der Waals surface area contributed by atoms with Crippen LogP contribution in [0.25, 0.3) is 6.08 Å². The molecular weight excluding hydrogens is 450 g/mol. The van der Waals surface area contributed by atoms with Crippen LogP contribution in [0.15, 0.2) is 99.1 Å². The zero-order valence-corrected chi connectivity index (χ0v) is 17.5. The SMILES string of the molecule is O=C1/C(=C\c2ccc(Cl)cc2)N=C(c2ccccc2)N1/N=C/c1ccccc1Br. The van der Waals surface area contributed by atoms with Crippen LogP contribution in [0.5, 0.6) is 0 Å². The zero-order valence-electron chi connectivity index (χ0n) is 15.2. The fraction of sp³-hybridized carbons (Fsp3) is 0. The quantitative estimate of drug-likeness (QED) is 0.357. The highest BCUT2D eigenvalue weighted by atomic mass is 79.9. The smallest absolute Gasteiger partial charge is 0.265 e.